The highest BCUT2D eigenvalue weighted by Gasteiger charge is 2.33. The highest BCUT2D eigenvalue weighted by molar-refractivity contribution is 7.07. The van der Waals surface area contributed by atoms with Crippen LogP contribution in [-0.2, 0) is 14.3 Å². The Bertz CT molecular complexity index is 1490. The number of thiazole rings is 1. The largest absolute Gasteiger partial charge is 0.494 e. The second-order valence-electron chi connectivity index (χ2n) is 8.58. The Morgan fingerprint density at radius 1 is 1.14 bits per heavy atom. The summed E-state index contributed by atoms with van der Waals surface area (Å²) in [6.45, 7) is 9.03. The predicted octanol–water partition coefficient (Wildman–Crippen LogP) is 2.63. The molecule has 0 bridgehead atoms. The van der Waals surface area contributed by atoms with Crippen LogP contribution in [0.1, 0.15) is 38.1 Å². The minimum atomic E-state index is -0.673. The fourth-order valence-electron chi connectivity index (χ4n) is 4.52. The van der Waals surface area contributed by atoms with Crippen molar-refractivity contribution in [1.82, 2.24) is 4.57 Å². The fourth-order valence-corrected chi connectivity index (χ4v) is 5.55. The maximum absolute atomic E-state index is 13.7. The van der Waals surface area contributed by atoms with Gasteiger partial charge in [0.15, 0.2) is 10.7 Å². The zero-order valence-corrected chi connectivity index (χ0v) is 21.9. The van der Waals surface area contributed by atoms with Crippen LogP contribution in [0, 0.1) is 0 Å². The lowest BCUT2D eigenvalue weighted by atomic mass is 9.96. The molecule has 5 rings (SSSR count). The molecule has 0 aliphatic carbocycles. The van der Waals surface area contributed by atoms with Crippen LogP contribution in [-0.4, -0.2) is 50.1 Å². The van der Waals surface area contributed by atoms with Crippen molar-refractivity contribution >= 4 is 29.3 Å². The summed E-state index contributed by atoms with van der Waals surface area (Å²) in [5.41, 5.74) is 1.39. The number of anilines is 1. The first-order valence-electron chi connectivity index (χ1n) is 12.3. The van der Waals surface area contributed by atoms with E-state index in [1.807, 2.05) is 43.3 Å². The van der Waals surface area contributed by atoms with Crippen LogP contribution in [0.15, 0.2) is 61.9 Å². The van der Waals surface area contributed by atoms with E-state index in [2.05, 4.69) is 9.89 Å². The minimum Gasteiger partial charge on any atom is -0.494 e. The zero-order valence-electron chi connectivity index (χ0n) is 21.1. The van der Waals surface area contributed by atoms with E-state index in [0.29, 0.717) is 51.9 Å². The third-order valence-corrected chi connectivity index (χ3v) is 7.22. The monoisotopic (exact) mass is 523 g/mol. The molecule has 1 fully saturated rings. The van der Waals surface area contributed by atoms with E-state index in [1.54, 1.807) is 24.5 Å². The van der Waals surface area contributed by atoms with Crippen molar-refractivity contribution in [3.8, 4) is 5.75 Å². The van der Waals surface area contributed by atoms with Crippen LogP contribution in [0.25, 0.3) is 6.08 Å². The summed E-state index contributed by atoms with van der Waals surface area (Å²) in [4.78, 5) is 34.0. The average molecular weight is 524 g/mol. The van der Waals surface area contributed by atoms with E-state index in [4.69, 9.17) is 18.6 Å². The molecule has 2 aliphatic rings. The van der Waals surface area contributed by atoms with Crippen molar-refractivity contribution in [2.45, 2.75) is 26.8 Å². The molecule has 1 unspecified atom stereocenters. The smallest absolute Gasteiger partial charge is 0.338 e. The third-order valence-electron chi connectivity index (χ3n) is 6.23. The average Bonchev–Trinajstić information content (AvgIpc) is 3.49. The molecule has 2 aromatic heterocycles. The number of aromatic nitrogens is 1. The number of nitrogens with zero attached hydrogens (tertiary/aromatic N) is 3. The lowest BCUT2D eigenvalue weighted by molar-refractivity contribution is -0.139. The molecule has 37 heavy (non-hydrogen) atoms. The molecule has 1 atom stereocenters. The number of rotatable bonds is 7. The number of carbonyl (C=O) groups excluding carboxylic acids is 1. The first-order valence-corrected chi connectivity index (χ1v) is 13.2. The Morgan fingerprint density at radius 2 is 1.89 bits per heavy atom. The second-order valence-corrected chi connectivity index (χ2v) is 9.59. The predicted molar refractivity (Wildman–Crippen MR) is 140 cm³/mol. The lowest BCUT2D eigenvalue weighted by Gasteiger charge is -2.26. The highest BCUT2D eigenvalue weighted by atomic mass is 32.1. The Labute approximate surface area is 217 Å². The van der Waals surface area contributed by atoms with Gasteiger partial charge in [0.05, 0.1) is 48.3 Å². The number of ether oxygens (including phenoxy) is 3. The number of allylic oxidation sites excluding steroid dienone is 1. The van der Waals surface area contributed by atoms with Gasteiger partial charge in [-0.3, -0.25) is 9.36 Å². The van der Waals surface area contributed by atoms with Crippen LogP contribution < -0.4 is 24.5 Å². The van der Waals surface area contributed by atoms with Gasteiger partial charge in [0.2, 0.25) is 0 Å². The first-order chi connectivity index (χ1) is 18.0. The quantitative estimate of drug-likeness (QED) is 0.440. The van der Waals surface area contributed by atoms with Crippen LogP contribution in [0.4, 0.5) is 5.88 Å². The van der Waals surface area contributed by atoms with Gasteiger partial charge in [-0.15, -0.1) is 0 Å². The fraction of sp³-hybridized carbons (Fsp3) is 0.370. The molecule has 3 aromatic rings. The number of carbonyl (C=O) groups is 1. The maximum Gasteiger partial charge on any atom is 0.338 e. The normalized spacial score (nSPS) is 18.0. The molecule has 4 heterocycles. The zero-order chi connectivity index (χ0) is 25.9. The highest BCUT2D eigenvalue weighted by Crippen LogP contribution is 2.31. The number of furan rings is 1. The summed E-state index contributed by atoms with van der Waals surface area (Å²) in [5.74, 6) is 1.55. The SMILES string of the molecule is CCOC(=O)C1=C(C)N=c2s/c(=C\c3ccc(N4CCOCC4)o3)c(=O)n2C1c1ccc(OCC)cc1. The minimum absolute atomic E-state index is 0.222. The van der Waals surface area contributed by atoms with Gasteiger partial charge in [0.25, 0.3) is 5.56 Å². The topological polar surface area (TPSA) is 95.5 Å². The van der Waals surface area contributed by atoms with Gasteiger partial charge in [0, 0.05) is 25.2 Å². The van der Waals surface area contributed by atoms with Gasteiger partial charge in [-0.25, -0.2) is 9.79 Å². The van der Waals surface area contributed by atoms with Crippen molar-refractivity contribution in [3.63, 3.8) is 0 Å². The molecule has 0 N–H and O–H groups in total. The molecule has 0 radical (unpaired) electrons. The van der Waals surface area contributed by atoms with E-state index >= 15 is 0 Å². The molecule has 9 nitrogen and oxygen atoms in total. The first kappa shape index (κ1) is 25.0. The Morgan fingerprint density at radius 3 is 2.59 bits per heavy atom. The van der Waals surface area contributed by atoms with E-state index in [9.17, 15) is 9.59 Å². The number of hydrogen-bond acceptors (Lipinski definition) is 9. The molecule has 0 spiro atoms. The molecular formula is C27H29N3O6S. The van der Waals surface area contributed by atoms with Crippen molar-refractivity contribution in [2.24, 2.45) is 4.99 Å². The van der Waals surface area contributed by atoms with Crippen molar-refractivity contribution in [1.29, 1.82) is 0 Å². The van der Waals surface area contributed by atoms with Crippen LogP contribution in [0.5, 0.6) is 5.75 Å². The number of morpholine rings is 1. The lowest BCUT2D eigenvalue weighted by Crippen LogP contribution is -2.39. The summed E-state index contributed by atoms with van der Waals surface area (Å²) in [5, 5.41) is 0. The van der Waals surface area contributed by atoms with Crippen LogP contribution in [0.3, 0.4) is 0 Å². The maximum atomic E-state index is 13.7. The Balaban J connectivity index is 1.59. The number of hydrogen-bond donors (Lipinski definition) is 0. The van der Waals surface area contributed by atoms with E-state index in [0.717, 1.165) is 24.5 Å². The molecule has 1 saturated heterocycles. The standard InChI is InChI=1S/C27H29N3O6S/c1-4-34-19-8-6-18(7-9-19)24-23(26(32)35-5-2)17(3)28-27-30(24)25(31)21(37-27)16-20-10-11-22(36-20)29-12-14-33-15-13-29/h6-11,16,24H,4-5,12-15H2,1-3H3/b21-16-. The van der Waals surface area contributed by atoms with Crippen molar-refractivity contribution < 1.29 is 23.4 Å². The van der Waals surface area contributed by atoms with E-state index in [-0.39, 0.29) is 12.2 Å². The Hall–Kier alpha value is -3.63. The number of fused-ring (bicyclic) bond motifs is 1. The van der Waals surface area contributed by atoms with Crippen LogP contribution in [0.2, 0.25) is 0 Å². The number of esters is 1. The van der Waals surface area contributed by atoms with Gasteiger partial charge in [0.1, 0.15) is 11.5 Å². The molecule has 10 heteroatoms. The summed E-state index contributed by atoms with van der Waals surface area (Å²) < 4.78 is 24.4. The molecule has 0 saturated carbocycles. The number of benzene rings is 1. The molecule has 0 amide bonds. The Kier molecular flexibility index (Phi) is 7.29. The molecule has 194 valence electrons. The third kappa shape index (κ3) is 4.99. The molecule has 1 aromatic carbocycles. The van der Waals surface area contributed by atoms with Crippen LogP contribution >= 0.6 is 11.3 Å². The van der Waals surface area contributed by atoms with E-state index in [1.165, 1.54) is 11.3 Å². The van der Waals surface area contributed by atoms with Crippen molar-refractivity contribution in [2.75, 3.05) is 44.4 Å². The summed E-state index contributed by atoms with van der Waals surface area (Å²) >= 11 is 1.27. The second kappa shape index (κ2) is 10.8. The van der Waals surface area contributed by atoms with Gasteiger partial charge in [-0.05, 0) is 44.5 Å². The van der Waals surface area contributed by atoms with Gasteiger partial charge >= 0.3 is 5.97 Å². The molecule has 2 aliphatic heterocycles. The van der Waals surface area contributed by atoms with Gasteiger partial charge in [-0.2, -0.15) is 0 Å². The van der Waals surface area contributed by atoms with Gasteiger partial charge in [-0.1, -0.05) is 23.5 Å². The molecular weight excluding hydrogens is 494 g/mol. The summed E-state index contributed by atoms with van der Waals surface area (Å²) in [6.07, 6.45) is 1.73. The summed E-state index contributed by atoms with van der Waals surface area (Å²) in [6, 6.07) is 10.5. The summed E-state index contributed by atoms with van der Waals surface area (Å²) in [7, 11) is 0. The van der Waals surface area contributed by atoms with Crippen molar-refractivity contribution in [3.05, 3.63) is 78.7 Å². The van der Waals surface area contributed by atoms with E-state index < -0.39 is 12.0 Å². The van der Waals surface area contributed by atoms with Gasteiger partial charge < -0.3 is 23.5 Å².